The highest BCUT2D eigenvalue weighted by atomic mass is 32.1. The molecule has 1 unspecified atom stereocenters. The van der Waals surface area contributed by atoms with Crippen molar-refractivity contribution in [2.45, 2.75) is 19.4 Å². The highest BCUT2D eigenvalue weighted by molar-refractivity contribution is 7.82. The second kappa shape index (κ2) is 4.35. The number of thiocarbonyl (C=S) groups is 1. The van der Waals surface area contributed by atoms with Gasteiger partial charge in [-0.1, -0.05) is 12.2 Å². The third kappa shape index (κ3) is 3.53. The van der Waals surface area contributed by atoms with E-state index in [4.69, 9.17) is 18.0 Å². The summed E-state index contributed by atoms with van der Waals surface area (Å²) >= 11 is 4.70. The lowest BCUT2D eigenvalue weighted by Crippen LogP contribution is -2.24. The van der Waals surface area contributed by atoms with E-state index in [-0.39, 0.29) is 10.9 Å². The number of rotatable bonds is 3. The minimum absolute atomic E-state index is 0.0772. The Labute approximate surface area is 65.5 Å². The lowest BCUT2D eigenvalue weighted by molar-refractivity contribution is -0.132. The topological polar surface area (TPSA) is 52.3 Å². The molecule has 0 aromatic rings. The van der Waals surface area contributed by atoms with Crippen LogP contribution >= 0.6 is 12.2 Å². The molecule has 3 nitrogen and oxygen atoms in total. The Kier molecular flexibility index (Phi) is 4.14. The molecule has 4 heteroatoms. The fourth-order valence-corrected chi connectivity index (χ4v) is 0.836. The second-order valence-electron chi connectivity index (χ2n) is 2.10. The predicted octanol–water partition coefficient (Wildman–Crippen LogP) is 0.267. The van der Waals surface area contributed by atoms with Gasteiger partial charge in [-0.3, -0.25) is 0 Å². The van der Waals surface area contributed by atoms with Crippen LogP contribution in [0.15, 0.2) is 0 Å². The number of carbonyl (C=O) groups excluding carboxylic acids is 1. The molecule has 0 amide bonds. The van der Waals surface area contributed by atoms with Crippen LogP contribution in [-0.2, 0) is 9.53 Å². The zero-order valence-corrected chi connectivity index (χ0v) is 6.90. The molecule has 0 saturated carbocycles. The van der Waals surface area contributed by atoms with E-state index < -0.39 is 5.97 Å². The third-order valence-corrected chi connectivity index (χ3v) is 1.25. The summed E-state index contributed by atoms with van der Waals surface area (Å²) in [5, 5.41) is 0. The van der Waals surface area contributed by atoms with Gasteiger partial charge in [-0.15, -0.1) is 0 Å². The maximum Gasteiger partial charge on any atom is 0.344 e. The van der Waals surface area contributed by atoms with Gasteiger partial charge in [-0.05, 0) is 6.92 Å². The Hall–Kier alpha value is -0.480. The van der Waals surface area contributed by atoms with E-state index in [0.29, 0.717) is 6.42 Å². The van der Waals surface area contributed by atoms with Crippen LogP contribution in [0.2, 0.25) is 0 Å². The Morgan fingerprint density at radius 2 is 2.30 bits per heavy atom. The summed E-state index contributed by atoms with van der Waals surface area (Å²) in [6.07, 6.45) is 0.419. The van der Waals surface area contributed by atoms with Crippen LogP contribution in [0, 0.1) is 0 Å². The highest BCUT2D eigenvalue weighted by Crippen LogP contribution is 1.93. The van der Waals surface area contributed by atoms with Crippen LogP contribution in [0.4, 0.5) is 0 Å². The fourth-order valence-electron chi connectivity index (χ4n) is 0.490. The van der Waals surface area contributed by atoms with Crippen molar-refractivity contribution in [1.82, 2.24) is 0 Å². The maximum absolute atomic E-state index is 10.6. The van der Waals surface area contributed by atoms with Crippen molar-refractivity contribution >= 4 is 23.1 Å². The van der Waals surface area contributed by atoms with Crippen LogP contribution < -0.4 is 5.73 Å². The van der Waals surface area contributed by atoms with Crippen molar-refractivity contribution in [3.8, 4) is 0 Å². The van der Waals surface area contributed by atoms with Crippen LogP contribution in [0.5, 0.6) is 0 Å². The summed E-state index contributed by atoms with van der Waals surface area (Å²) in [4.78, 5) is 10.9. The van der Waals surface area contributed by atoms with Gasteiger partial charge >= 0.3 is 5.97 Å². The number of methoxy groups -OCH3 is 1. The number of nitrogens with two attached hydrogens (primary N) is 1. The van der Waals surface area contributed by atoms with Gasteiger partial charge in [0.1, 0.15) is 4.86 Å². The summed E-state index contributed by atoms with van der Waals surface area (Å²) in [6.45, 7) is 1.79. The summed E-state index contributed by atoms with van der Waals surface area (Å²) in [5.74, 6) is -0.452. The number of esters is 1. The fraction of sp³-hybridized carbons (Fsp3) is 0.667. The summed E-state index contributed by atoms with van der Waals surface area (Å²) in [7, 11) is 1.30. The highest BCUT2D eigenvalue weighted by Gasteiger charge is 2.09. The third-order valence-electron chi connectivity index (χ3n) is 0.920. The molecule has 0 aromatic carbocycles. The Morgan fingerprint density at radius 1 is 1.80 bits per heavy atom. The van der Waals surface area contributed by atoms with E-state index in [1.165, 1.54) is 7.11 Å². The van der Waals surface area contributed by atoms with Crippen molar-refractivity contribution in [2.75, 3.05) is 7.11 Å². The molecule has 0 spiro atoms. The van der Waals surface area contributed by atoms with Gasteiger partial charge in [0.05, 0.1) is 7.11 Å². The average molecular weight is 161 g/mol. The molecule has 0 bridgehead atoms. The van der Waals surface area contributed by atoms with E-state index in [2.05, 4.69) is 4.74 Å². The molecule has 0 radical (unpaired) electrons. The molecule has 0 heterocycles. The van der Waals surface area contributed by atoms with Crippen molar-refractivity contribution in [2.24, 2.45) is 5.73 Å². The Balaban J connectivity index is 3.74. The van der Waals surface area contributed by atoms with Crippen molar-refractivity contribution < 1.29 is 9.53 Å². The Morgan fingerprint density at radius 3 is 2.60 bits per heavy atom. The molecular weight excluding hydrogens is 150 g/mol. The van der Waals surface area contributed by atoms with Crippen molar-refractivity contribution in [3.63, 3.8) is 0 Å². The molecule has 0 aliphatic heterocycles. The first-order chi connectivity index (χ1) is 4.57. The second-order valence-corrected chi connectivity index (χ2v) is 2.59. The number of hydrogen-bond acceptors (Lipinski definition) is 4. The quantitative estimate of drug-likeness (QED) is 0.476. The van der Waals surface area contributed by atoms with Crippen molar-refractivity contribution in [1.29, 1.82) is 0 Å². The number of ether oxygens (including phenoxy) is 1. The van der Waals surface area contributed by atoms with Gasteiger partial charge in [0.2, 0.25) is 0 Å². The largest absolute Gasteiger partial charge is 0.465 e. The molecule has 10 heavy (non-hydrogen) atoms. The molecule has 0 aliphatic carbocycles. The van der Waals surface area contributed by atoms with Crippen LogP contribution in [0.3, 0.4) is 0 Å². The lowest BCUT2D eigenvalue weighted by Gasteiger charge is -2.03. The summed E-state index contributed by atoms with van der Waals surface area (Å²) < 4.78 is 4.38. The van der Waals surface area contributed by atoms with Gasteiger partial charge < -0.3 is 10.5 Å². The van der Waals surface area contributed by atoms with Gasteiger partial charge in [0, 0.05) is 12.5 Å². The smallest absolute Gasteiger partial charge is 0.344 e. The van der Waals surface area contributed by atoms with Crippen molar-refractivity contribution in [3.05, 3.63) is 0 Å². The Bertz CT molecular complexity index is 145. The molecular formula is C6H11NO2S. The van der Waals surface area contributed by atoms with Crippen LogP contribution in [0.25, 0.3) is 0 Å². The van der Waals surface area contributed by atoms with Gasteiger partial charge in [0.15, 0.2) is 0 Å². The molecule has 0 aliphatic rings. The van der Waals surface area contributed by atoms with Gasteiger partial charge in [0.25, 0.3) is 0 Å². The van der Waals surface area contributed by atoms with E-state index >= 15 is 0 Å². The van der Waals surface area contributed by atoms with Gasteiger partial charge in [-0.25, -0.2) is 4.79 Å². The molecule has 0 rings (SSSR count). The first-order valence-corrected chi connectivity index (χ1v) is 3.35. The van der Waals surface area contributed by atoms with E-state index in [0.717, 1.165) is 0 Å². The molecule has 58 valence electrons. The maximum atomic E-state index is 10.6. The molecule has 0 aromatic heterocycles. The molecule has 2 N–H and O–H groups in total. The number of carbonyl (C=O) groups is 1. The standard InChI is InChI=1S/C6H11NO2S/c1-4(7)3-5(10)6(8)9-2/h4H,3,7H2,1-2H3. The monoisotopic (exact) mass is 161 g/mol. The minimum Gasteiger partial charge on any atom is -0.465 e. The zero-order valence-electron chi connectivity index (χ0n) is 6.09. The average Bonchev–Trinajstić information content (AvgIpc) is 1.85. The van der Waals surface area contributed by atoms with E-state index in [1.54, 1.807) is 6.92 Å². The van der Waals surface area contributed by atoms with Gasteiger partial charge in [-0.2, -0.15) is 0 Å². The number of hydrogen-bond donors (Lipinski definition) is 1. The molecule has 0 saturated heterocycles. The summed E-state index contributed by atoms with van der Waals surface area (Å²) in [5.41, 5.74) is 5.39. The zero-order chi connectivity index (χ0) is 8.15. The SMILES string of the molecule is COC(=O)C(=S)CC(C)N. The minimum atomic E-state index is -0.452. The van der Waals surface area contributed by atoms with E-state index in [9.17, 15) is 4.79 Å². The predicted molar refractivity (Wildman–Crippen MR) is 42.9 cm³/mol. The first kappa shape index (κ1) is 9.52. The van der Waals surface area contributed by atoms with Crippen LogP contribution in [0.1, 0.15) is 13.3 Å². The molecule has 1 atom stereocenters. The lowest BCUT2D eigenvalue weighted by atomic mass is 10.2. The molecule has 0 fully saturated rings. The summed E-state index contributed by atoms with van der Waals surface area (Å²) in [6, 6.07) is -0.0772. The van der Waals surface area contributed by atoms with Crippen LogP contribution in [-0.4, -0.2) is 24.0 Å². The first-order valence-electron chi connectivity index (χ1n) is 2.94. The normalized spacial score (nSPS) is 12.3. The van der Waals surface area contributed by atoms with E-state index in [1.807, 2.05) is 0 Å².